The maximum absolute atomic E-state index is 4.83. The fourth-order valence-electron chi connectivity index (χ4n) is 3.23. The molecule has 0 aliphatic heterocycles. The van der Waals surface area contributed by atoms with Crippen molar-refractivity contribution in [2.45, 2.75) is 0 Å². The van der Waals surface area contributed by atoms with Crippen molar-refractivity contribution >= 4 is 32.8 Å². The van der Waals surface area contributed by atoms with Gasteiger partial charge in [0.05, 0.1) is 0 Å². The maximum Gasteiger partial charge on any atom is 0.235 e. The lowest BCUT2D eigenvalue weighted by Gasteiger charge is -2.12. The van der Waals surface area contributed by atoms with Crippen molar-refractivity contribution in [3.05, 3.63) is 66.7 Å². The van der Waals surface area contributed by atoms with E-state index in [0.717, 1.165) is 32.6 Å². The van der Waals surface area contributed by atoms with Crippen LogP contribution in [0.4, 0.5) is 5.69 Å². The van der Waals surface area contributed by atoms with E-state index < -0.39 is 0 Å². The molecule has 0 fully saturated rings. The molecule has 5 aromatic rings. The molecule has 0 spiro atoms. The zero-order chi connectivity index (χ0) is 18.4. The molecule has 0 saturated carbocycles. The molecular formula is C21H17N5S. The van der Waals surface area contributed by atoms with Gasteiger partial charge >= 0.3 is 0 Å². The first kappa shape index (κ1) is 16.0. The Labute approximate surface area is 160 Å². The molecule has 0 amide bonds. The average Bonchev–Trinajstić information content (AvgIpc) is 3.28. The number of anilines is 1. The van der Waals surface area contributed by atoms with Crippen LogP contribution in [0.3, 0.4) is 0 Å². The van der Waals surface area contributed by atoms with E-state index in [4.69, 9.17) is 5.10 Å². The van der Waals surface area contributed by atoms with Gasteiger partial charge in [0.2, 0.25) is 4.96 Å². The SMILES string of the molecule is CN(C)c1ccc(-c2nnc3sc(-c4cccc5ccccc45)nn23)cc1. The second kappa shape index (κ2) is 6.17. The molecule has 5 rings (SSSR count). The van der Waals surface area contributed by atoms with E-state index in [1.165, 1.54) is 10.8 Å². The van der Waals surface area contributed by atoms with Gasteiger partial charge < -0.3 is 4.90 Å². The Morgan fingerprint density at radius 2 is 1.63 bits per heavy atom. The highest BCUT2D eigenvalue weighted by atomic mass is 32.1. The Kier molecular flexibility index (Phi) is 3.65. The first-order chi connectivity index (χ1) is 13.2. The monoisotopic (exact) mass is 371 g/mol. The smallest absolute Gasteiger partial charge is 0.235 e. The summed E-state index contributed by atoms with van der Waals surface area (Å²) in [5.41, 5.74) is 3.27. The minimum absolute atomic E-state index is 0.762. The van der Waals surface area contributed by atoms with Crippen LogP contribution in [0.25, 0.3) is 37.7 Å². The Bertz CT molecular complexity index is 1250. The van der Waals surface area contributed by atoms with Crippen molar-refractivity contribution in [2.75, 3.05) is 19.0 Å². The molecule has 5 nitrogen and oxygen atoms in total. The van der Waals surface area contributed by atoms with Crippen LogP contribution in [0.15, 0.2) is 66.7 Å². The number of hydrogen-bond donors (Lipinski definition) is 0. The molecule has 0 aliphatic rings. The molecule has 0 atom stereocenters. The molecule has 0 N–H and O–H groups in total. The van der Waals surface area contributed by atoms with Crippen LogP contribution in [0.1, 0.15) is 0 Å². The summed E-state index contributed by atoms with van der Waals surface area (Å²) in [6, 6.07) is 22.9. The molecule has 27 heavy (non-hydrogen) atoms. The highest BCUT2D eigenvalue weighted by Crippen LogP contribution is 2.33. The summed E-state index contributed by atoms with van der Waals surface area (Å²) < 4.78 is 1.84. The van der Waals surface area contributed by atoms with E-state index in [9.17, 15) is 0 Å². The van der Waals surface area contributed by atoms with E-state index in [2.05, 4.69) is 81.8 Å². The lowest BCUT2D eigenvalue weighted by atomic mass is 10.1. The van der Waals surface area contributed by atoms with Crippen molar-refractivity contribution in [1.82, 2.24) is 19.8 Å². The molecule has 0 radical (unpaired) electrons. The maximum atomic E-state index is 4.83. The van der Waals surface area contributed by atoms with Crippen molar-refractivity contribution in [3.63, 3.8) is 0 Å². The van der Waals surface area contributed by atoms with Gasteiger partial charge in [0.1, 0.15) is 5.01 Å². The fraction of sp³-hybridized carbons (Fsp3) is 0.0952. The molecule has 2 heterocycles. The zero-order valence-electron chi connectivity index (χ0n) is 15.0. The summed E-state index contributed by atoms with van der Waals surface area (Å²) in [7, 11) is 4.06. The van der Waals surface area contributed by atoms with E-state index in [-0.39, 0.29) is 0 Å². The number of benzene rings is 3. The zero-order valence-corrected chi connectivity index (χ0v) is 15.8. The molecule has 0 bridgehead atoms. The Morgan fingerprint density at radius 3 is 2.44 bits per heavy atom. The van der Waals surface area contributed by atoms with E-state index in [1.807, 2.05) is 18.6 Å². The fourth-order valence-corrected chi connectivity index (χ4v) is 4.11. The number of fused-ring (bicyclic) bond motifs is 2. The van der Waals surface area contributed by atoms with Gasteiger partial charge in [-0.25, -0.2) is 0 Å². The largest absolute Gasteiger partial charge is 0.378 e. The molecule has 0 aliphatic carbocycles. The van der Waals surface area contributed by atoms with Gasteiger partial charge in [-0.2, -0.15) is 9.61 Å². The first-order valence-electron chi connectivity index (χ1n) is 8.69. The summed E-state index contributed by atoms with van der Waals surface area (Å²) in [5, 5.41) is 16.9. The second-order valence-corrected chi connectivity index (χ2v) is 7.55. The number of hydrogen-bond acceptors (Lipinski definition) is 5. The van der Waals surface area contributed by atoms with Crippen molar-refractivity contribution in [3.8, 4) is 22.0 Å². The first-order valence-corrected chi connectivity index (χ1v) is 9.50. The van der Waals surface area contributed by atoms with Gasteiger partial charge in [0.25, 0.3) is 0 Å². The van der Waals surface area contributed by atoms with Crippen LogP contribution >= 0.6 is 11.3 Å². The predicted octanol–water partition coefficient (Wildman–Crippen LogP) is 4.74. The summed E-state index contributed by atoms with van der Waals surface area (Å²) in [6.07, 6.45) is 0. The molecule has 3 aromatic carbocycles. The highest BCUT2D eigenvalue weighted by molar-refractivity contribution is 7.19. The summed E-state index contributed by atoms with van der Waals surface area (Å²) >= 11 is 1.56. The quantitative estimate of drug-likeness (QED) is 0.460. The van der Waals surface area contributed by atoms with Gasteiger partial charge in [0, 0.05) is 30.9 Å². The molecular weight excluding hydrogens is 354 g/mol. The van der Waals surface area contributed by atoms with Crippen LogP contribution in [0.2, 0.25) is 0 Å². The third-order valence-corrected chi connectivity index (χ3v) is 5.58. The third-order valence-electron chi connectivity index (χ3n) is 4.65. The summed E-state index contributed by atoms with van der Waals surface area (Å²) in [6.45, 7) is 0. The van der Waals surface area contributed by atoms with Gasteiger partial charge in [-0.15, -0.1) is 10.2 Å². The van der Waals surface area contributed by atoms with Gasteiger partial charge in [0.15, 0.2) is 5.82 Å². The van der Waals surface area contributed by atoms with Crippen molar-refractivity contribution < 1.29 is 0 Å². The lowest BCUT2D eigenvalue weighted by molar-refractivity contribution is 0.971. The molecule has 132 valence electrons. The third kappa shape index (κ3) is 2.65. The number of aromatic nitrogens is 4. The van der Waals surface area contributed by atoms with Crippen LogP contribution in [0, 0.1) is 0 Å². The molecule has 0 saturated heterocycles. The Hall–Kier alpha value is -3.25. The highest BCUT2D eigenvalue weighted by Gasteiger charge is 2.15. The summed E-state index contributed by atoms with van der Waals surface area (Å²) in [5.74, 6) is 0.762. The van der Waals surface area contributed by atoms with Crippen molar-refractivity contribution in [2.24, 2.45) is 0 Å². The molecule has 0 unspecified atom stereocenters. The van der Waals surface area contributed by atoms with Gasteiger partial charge in [-0.1, -0.05) is 53.8 Å². The number of nitrogens with zero attached hydrogens (tertiary/aromatic N) is 5. The van der Waals surface area contributed by atoms with Crippen LogP contribution in [-0.4, -0.2) is 33.9 Å². The van der Waals surface area contributed by atoms with Gasteiger partial charge in [-0.05, 0) is 35.0 Å². The van der Waals surface area contributed by atoms with Crippen molar-refractivity contribution in [1.29, 1.82) is 0 Å². The molecule has 6 heteroatoms. The Balaban J connectivity index is 1.63. The molecule has 2 aromatic heterocycles. The minimum atomic E-state index is 0.762. The second-order valence-electron chi connectivity index (χ2n) is 6.59. The number of rotatable bonds is 3. The van der Waals surface area contributed by atoms with Crippen LogP contribution in [-0.2, 0) is 0 Å². The predicted molar refractivity (Wildman–Crippen MR) is 111 cm³/mol. The normalized spacial score (nSPS) is 11.3. The van der Waals surface area contributed by atoms with E-state index in [1.54, 1.807) is 11.3 Å². The van der Waals surface area contributed by atoms with Crippen LogP contribution in [0.5, 0.6) is 0 Å². The van der Waals surface area contributed by atoms with Gasteiger partial charge in [-0.3, -0.25) is 0 Å². The summed E-state index contributed by atoms with van der Waals surface area (Å²) in [4.78, 5) is 2.87. The minimum Gasteiger partial charge on any atom is -0.378 e. The van der Waals surface area contributed by atoms with E-state index >= 15 is 0 Å². The van der Waals surface area contributed by atoms with E-state index in [0.29, 0.717) is 0 Å². The average molecular weight is 371 g/mol. The Morgan fingerprint density at radius 1 is 0.852 bits per heavy atom. The topological polar surface area (TPSA) is 46.3 Å². The lowest BCUT2D eigenvalue weighted by Crippen LogP contribution is -2.08. The standard InChI is InChI=1S/C21H17N5S/c1-25(2)16-12-10-15(11-13-16)19-22-23-21-26(19)24-20(27-21)18-9-5-7-14-6-3-4-8-17(14)18/h3-13H,1-2H3. The van der Waals surface area contributed by atoms with Crippen LogP contribution < -0.4 is 4.90 Å².